The maximum atomic E-state index is 13.6. The lowest BCUT2D eigenvalue weighted by molar-refractivity contribution is 0.0544. The van der Waals surface area contributed by atoms with Gasteiger partial charge < -0.3 is 18.8 Å². The number of carbonyl (C=O) groups excluding carboxylic acids is 2. The van der Waals surface area contributed by atoms with Crippen molar-refractivity contribution >= 4 is 45.5 Å². The molecule has 5 rings (SSSR count). The van der Waals surface area contributed by atoms with E-state index < -0.39 is 11.7 Å². The topological polar surface area (TPSA) is 91.4 Å². The average Bonchev–Trinajstić information content (AvgIpc) is 3.41. The highest BCUT2D eigenvalue weighted by molar-refractivity contribution is 14.1. The minimum Gasteiger partial charge on any atom is -0.443 e. The number of nitrogens with zero attached hydrogens (tertiary/aromatic N) is 5. The number of imidazole rings is 1. The molecule has 4 aromatic rings. The zero-order valence-electron chi connectivity index (χ0n) is 21.4. The second-order valence-corrected chi connectivity index (χ2v) is 11.5. The van der Waals surface area contributed by atoms with Crippen LogP contribution < -0.4 is 5.56 Å². The van der Waals surface area contributed by atoms with E-state index in [1.807, 2.05) is 52.8 Å². The summed E-state index contributed by atoms with van der Waals surface area (Å²) >= 11 is 2.21. The number of ether oxygens (including phenoxy) is 1. The number of benzene rings is 1. The van der Waals surface area contributed by atoms with Crippen LogP contribution in [0.15, 0.2) is 53.8 Å². The molecule has 1 atom stereocenters. The van der Waals surface area contributed by atoms with E-state index in [0.717, 1.165) is 25.7 Å². The number of para-hydroxylation sites is 1. The summed E-state index contributed by atoms with van der Waals surface area (Å²) in [6.45, 7) is 9.93. The quantitative estimate of drug-likeness (QED) is 0.312. The van der Waals surface area contributed by atoms with Crippen LogP contribution in [0.25, 0.3) is 16.6 Å². The molecule has 0 saturated carbocycles. The Hall–Kier alpha value is -3.41. The fourth-order valence-electron chi connectivity index (χ4n) is 4.70. The van der Waals surface area contributed by atoms with E-state index in [0.29, 0.717) is 24.5 Å². The maximum absolute atomic E-state index is 13.6. The van der Waals surface area contributed by atoms with Crippen molar-refractivity contribution in [1.82, 2.24) is 23.6 Å². The number of pyridine rings is 1. The van der Waals surface area contributed by atoms with Gasteiger partial charge in [-0.05, 0) is 81.0 Å². The van der Waals surface area contributed by atoms with Crippen molar-refractivity contribution in [3.63, 3.8) is 0 Å². The number of halogens is 1. The molecule has 1 aliphatic heterocycles. The molecule has 1 amide bonds. The summed E-state index contributed by atoms with van der Waals surface area (Å²) in [4.78, 5) is 45.9. The minimum atomic E-state index is -0.642. The minimum absolute atomic E-state index is 0.229. The smallest absolute Gasteiger partial charge is 0.419 e. The average molecular weight is 613 g/mol. The van der Waals surface area contributed by atoms with Gasteiger partial charge in [-0.15, -0.1) is 0 Å². The first-order valence-corrected chi connectivity index (χ1v) is 13.1. The predicted molar refractivity (Wildman–Crippen MR) is 148 cm³/mol. The fraction of sp³-hybridized carbons (Fsp3) is 0.333. The Kier molecular flexibility index (Phi) is 6.25. The third kappa shape index (κ3) is 4.58. The Bertz CT molecular complexity index is 1610. The Balaban J connectivity index is 1.52. The first-order chi connectivity index (χ1) is 17.4. The van der Waals surface area contributed by atoms with Crippen LogP contribution in [0.5, 0.6) is 0 Å². The van der Waals surface area contributed by atoms with E-state index in [1.165, 1.54) is 4.57 Å². The summed E-state index contributed by atoms with van der Waals surface area (Å²) in [5.41, 5.74) is 2.31. The van der Waals surface area contributed by atoms with Crippen LogP contribution in [-0.4, -0.2) is 47.2 Å². The lowest BCUT2D eigenvalue weighted by atomic mass is 10.1. The highest BCUT2D eigenvalue weighted by atomic mass is 127. The summed E-state index contributed by atoms with van der Waals surface area (Å²) in [7, 11) is 0. The molecule has 1 unspecified atom stereocenters. The molecule has 0 fully saturated rings. The largest absolute Gasteiger partial charge is 0.443 e. The molecular formula is C27H28IN5O4. The number of aryl methyl sites for hydroxylation is 1. The van der Waals surface area contributed by atoms with Crippen molar-refractivity contribution < 1.29 is 14.3 Å². The first-order valence-electron chi connectivity index (χ1n) is 12.0. The Morgan fingerprint density at radius 3 is 2.59 bits per heavy atom. The van der Waals surface area contributed by atoms with Gasteiger partial charge in [0.1, 0.15) is 17.0 Å². The molecule has 0 aliphatic carbocycles. The van der Waals surface area contributed by atoms with Crippen LogP contribution in [0.2, 0.25) is 0 Å². The highest BCUT2D eigenvalue weighted by Crippen LogP contribution is 2.30. The molecule has 0 bridgehead atoms. The lowest BCUT2D eigenvalue weighted by Gasteiger charge is -2.35. The second-order valence-electron chi connectivity index (χ2n) is 10.4. The Morgan fingerprint density at radius 2 is 1.92 bits per heavy atom. The van der Waals surface area contributed by atoms with E-state index in [1.54, 1.807) is 44.9 Å². The van der Waals surface area contributed by atoms with Gasteiger partial charge in [0.05, 0.1) is 17.5 Å². The molecule has 4 heterocycles. The van der Waals surface area contributed by atoms with Crippen molar-refractivity contribution in [2.45, 2.75) is 59.4 Å². The third-order valence-electron chi connectivity index (χ3n) is 6.39. The molecule has 1 aromatic carbocycles. The van der Waals surface area contributed by atoms with Gasteiger partial charge in [0.15, 0.2) is 0 Å². The van der Waals surface area contributed by atoms with E-state index in [9.17, 15) is 14.4 Å². The summed E-state index contributed by atoms with van der Waals surface area (Å²) in [6, 6.07) is 8.94. The zero-order chi connectivity index (χ0) is 26.6. The van der Waals surface area contributed by atoms with Gasteiger partial charge in [-0.1, -0.05) is 12.1 Å². The van der Waals surface area contributed by atoms with E-state index in [4.69, 9.17) is 4.74 Å². The number of amides is 1. The molecule has 0 spiro atoms. The maximum Gasteiger partial charge on any atom is 0.419 e. The molecule has 1 aliphatic rings. The molecule has 0 saturated heterocycles. The third-order valence-corrected chi connectivity index (χ3v) is 7.26. The van der Waals surface area contributed by atoms with Gasteiger partial charge in [0.25, 0.3) is 11.5 Å². The van der Waals surface area contributed by atoms with E-state index in [-0.39, 0.29) is 17.5 Å². The molecule has 9 nitrogen and oxygen atoms in total. The molecule has 192 valence electrons. The van der Waals surface area contributed by atoms with Crippen LogP contribution in [0.3, 0.4) is 0 Å². The Labute approximate surface area is 227 Å². The second kappa shape index (κ2) is 9.16. The van der Waals surface area contributed by atoms with E-state index in [2.05, 4.69) is 27.6 Å². The summed E-state index contributed by atoms with van der Waals surface area (Å²) in [6.07, 6.45) is 4.67. The Morgan fingerprint density at radius 1 is 1.16 bits per heavy atom. The summed E-state index contributed by atoms with van der Waals surface area (Å²) in [5.74, 6) is -0.229. The first kappa shape index (κ1) is 25.2. The van der Waals surface area contributed by atoms with Gasteiger partial charge in [-0.25, -0.2) is 9.78 Å². The molecule has 37 heavy (non-hydrogen) atoms. The van der Waals surface area contributed by atoms with Gasteiger partial charge in [0.2, 0.25) is 0 Å². The summed E-state index contributed by atoms with van der Waals surface area (Å²) < 4.78 is 11.3. The molecule has 0 N–H and O–H groups in total. The molecule has 0 radical (unpaired) electrons. The van der Waals surface area contributed by atoms with Crippen molar-refractivity contribution in [2.24, 2.45) is 0 Å². The van der Waals surface area contributed by atoms with Gasteiger partial charge in [0, 0.05) is 40.5 Å². The number of aromatic nitrogens is 4. The standard InChI is InChI=1S/C27H28IN5O4/c1-16-11-30(15-29-16)21-9-10-22-25(35)31(17(2)12-32(22)24(21)34)13-18-14-33(26(36)37-27(3,4)5)23-19(18)7-6-8-20(23)28/h6-11,14-15,17H,12-13H2,1-5H3. The van der Waals surface area contributed by atoms with E-state index >= 15 is 0 Å². The number of rotatable bonds is 3. The fourth-order valence-corrected chi connectivity index (χ4v) is 5.45. The van der Waals surface area contributed by atoms with Crippen LogP contribution in [0, 0.1) is 10.5 Å². The van der Waals surface area contributed by atoms with Crippen LogP contribution >= 0.6 is 22.6 Å². The normalized spacial score (nSPS) is 15.8. The van der Waals surface area contributed by atoms with Crippen molar-refractivity contribution in [3.8, 4) is 5.69 Å². The molecule has 10 heteroatoms. The lowest BCUT2D eigenvalue weighted by Crippen LogP contribution is -2.49. The van der Waals surface area contributed by atoms with Crippen LogP contribution in [0.4, 0.5) is 4.79 Å². The van der Waals surface area contributed by atoms with Crippen LogP contribution in [0.1, 0.15) is 49.4 Å². The zero-order valence-corrected chi connectivity index (χ0v) is 23.5. The van der Waals surface area contributed by atoms with Gasteiger partial charge in [-0.2, -0.15) is 0 Å². The van der Waals surface area contributed by atoms with Crippen molar-refractivity contribution in [2.75, 3.05) is 0 Å². The number of hydrogen-bond donors (Lipinski definition) is 0. The number of fused-ring (bicyclic) bond motifs is 2. The van der Waals surface area contributed by atoms with Crippen molar-refractivity contribution in [3.05, 3.63) is 79.9 Å². The van der Waals surface area contributed by atoms with Crippen LogP contribution in [-0.2, 0) is 17.8 Å². The van der Waals surface area contributed by atoms with Gasteiger partial charge >= 0.3 is 6.09 Å². The number of carbonyl (C=O) groups is 2. The number of hydrogen-bond acceptors (Lipinski definition) is 5. The molecule has 3 aromatic heterocycles. The molecular weight excluding hydrogens is 585 g/mol. The predicted octanol–water partition coefficient (Wildman–Crippen LogP) is 4.73. The van der Waals surface area contributed by atoms with Gasteiger partial charge in [-0.3, -0.25) is 14.2 Å². The highest BCUT2D eigenvalue weighted by Gasteiger charge is 2.32. The SMILES string of the molecule is Cc1cn(-c2ccc3n(c2=O)CC(C)N(Cc2cn(C(=O)OC(C)(C)C)c4c(I)cccc24)C3=O)cn1. The van der Waals surface area contributed by atoms with Crippen molar-refractivity contribution in [1.29, 1.82) is 0 Å². The monoisotopic (exact) mass is 613 g/mol. The summed E-state index contributed by atoms with van der Waals surface area (Å²) in [5, 5.41) is 0.881.